The van der Waals surface area contributed by atoms with Gasteiger partial charge in [-0.05, 0) is 40.9 Å². The van der Waals surface area contributed by atoms with Gasteiger partial charge in [-0.2, -0.15) is 0 Å². The third kappa shape index (κ3) is 2.72. The standard InChI is InChI=1S/C12H16BrNO2S/c1-7(12(15)16)9-5-14(6-9)8(2)10-3-4-11(13)17-10/h3-4,7-9H,5-6H2,1-2H3,(H,15,16). The second kappa shape index (κ2) is 5.08. The molecule has 1 aliphatic rings. The largest absolute Gasteiger partial charge is 0.481 e. The zero-order valence-corrected chi connectivity index (χ0v) is 12.3. The van der Waals surface area contributed by atoms with Crippen LogP contribution in [0, 0.1) is 11.8 Å². The summed E-state index contributed by atoms with van der Waals surface area (Å²) in [5, 5.41) is 8.94. The van der Waals surface area contributed by atoms with Crippen LogP contribution in [0.25, 0.3) is 0 Å². The summed E-state index contributed by atoms with van der Waals surface area (Å²) in [5.74, 6) is -0.604. The molecule has 17 heavy (non-hydrogen) atoms. The molecular formula is C12H16BrNO2S. The Morgan fingerprint density at radius 2 is 2.18 bits per heavy atom. The lowest BCUT2D eigenvalue weighted by atomic mass is 9.86. The van der Waals surface area contributed by atoms with Crippen molar-refractivity contribution >= 4 is 33.2 Å². The Morgan fingerprint density at radius 3 is 2.65 bits per heavy atom. The highest BCUT2D eigenvalue weighted by atomic mass is 79.9. The average molecular weight is 318 g/mol. The monoisotopic (exact) mass is 317 g/mol. The molecule has 5 heteroatoms. The summed E-state index contributed by atoms with van der Waals surface area (Å²) in [6.45, 7) is 5.77. The van der Waals surface area contributed by atoms with Gasteiger partial charge in [0.25, 0.3) is 0 Å². The summed E-state index contributed by atoms with van der Waals surface area (Å²) >= 11 is 5.21. The van der Waals surface area contributed by atoms with E-state index in [0.717, 1.165) is 16.9 Å². The van der Waals surface area contributed by atoms with Gasteiger partial charge in [0.2, 0.25) is 0 Å². The van der Waals surface area contributed by atoms with Crippen LogP contribution in [0.2, 0.25) is 0 Å². The number of rotatable bonds is 4. The lowest BCUT2D eigenvalue weighted by Gasteiger charge is -2.44. The van der Waals surface area contributed by atoms with Crippen molar-refractivity contribution in [2.45, 2.75) is 19.9 Å². The first-order chi connectivity index (χ1) is 7.99. The first-order valence-corrected chi connectivity index (χ1v) is 7.32. The van der Waals surface area contributed by atoms with Gasteiger partial charge in [-0.1, -0.05) is 6.92 Å². The molecule has 2 heterocycles. The first-order valence-electron chi connectivity index (χ1n) is 5.71. The van der Waals surface area contributed by atoms with Crippen LogP contribution in [0.5, 0.6) is 0 Å². The molecule has 2 unspecified atom stereocenters. The molecular weight excluding hydrogens is 302 g/mol. The topological polar surface area (TPSA) is 40.5 Å². The van der Waals surface area contributed by atoms with Crippen molar-refractivity contribution in [1.29, 1.82) is 0 Å². The third-order valence-corrected chi connectivity index (χ3v) is 5.38. The van der Waals surface area contributed by atoms with Crippen molar-refractivity contribution in [3.8, 4) is 0 Å². The number of hydrogen-bond donors (Lipinski definition) is 1. The number of halogens is 1. The summed E-state index contributed by atoms with van der Waals surface area (Å²) in [5.41, 5.74) is 0. The van der Waals surface area contributed by atoms with Gasteiger partial charge >= 0.3 is 5.97 Å². The van der Waals surface area contributed by atoms with E-state index in [1.54, 1.807) is 18.3 Å². The lowest BCUT2D eigenvalue weighted by molar-refractivity contribution is -0.145. The normalized spacial score (nSPS) is 20.9. The fourth-order valence-electron chi connectivity index (χ4n) is 2.12. The highest BCUT2D eigenvalue weighted by Crippen LogP contribution is 2.36. The van der Waals surface area contributed by atoms with E-state index in [-0.39, 0.29) is 5.92 Å². The molecule has 0 aliphatic carbocycles. The molecule has 1 aromatic heterocycles. The van der Waals surface area contributed by atoms with Gasteiger partial charge in [-0.15, -0.1) is 11.3 Å². The van der Waals surface area contributed by atoms with Gasteiger partial charge < -0.3 is 5.11 Å². The molecule has 1 saturated heterocycles. The molecule has 1 aliphatic heterocycles. The molecule has 2 rings (SSSR count). The van der Waals surface area contributed by atoms with Crippen LogP contribution in [-0.4, -0.2) is 29.1 Å². The Bertz CT molecular complexity index is 414. The van der Waals surface area contributed by atoms with Crippen LogP contribution < -0.4 is 0 Å². The maximum atomic E-state index is 10.9. The highest BCUT2D eigenvalue weighted by molar-refractivity contribution is 9.11. The minimum atomic E-state index is -0.679. The number of carboxylic acid groups (broad SMARTS) is 1. The second-order valence-corrected chi connectivity index (χ2v) is 7.15. The van der Waals surface area contributed by atoms with Crippen molar-refractivity contribution in [3.05, 3.63) is 20.8 Å². The Morgan fingerprint density at radius 1 is 1.53 bits per heavy atom. The second-order valence-electron chi connectivity index (χ2n) is 4.66. The minimum absolute atomic E-state index is 0.228. The number of carbonyl (C=O) groups is 1. The summed E-state index contributed by atoms with van der Waals surface area (Å²) in [7, 11) is 0. The molecule has 0 aromatic carbocycles. The molecule has 0 saturated carbocycles. The predicted octanol–water partition coefficient (Wildman–Crippen LogP) is 3.22. The van der Waals surface area contributed by atoms with E-state index in [4.69, 9.17) is 5.11 Å². The molecule has 94 valence electrons. The zero-order valence-electron chi connectivity index (χ0n) is 9.89. The van der Waals surface area contributed by atoms with Gasteiger partial charge in [-0.25, -0.2) is 0 Å². The number of hydrogen-bond acceptors (Lipinski definition) is 3. The molecule has 0 bridgehead atoms. The Labute approximate surface area is 114 Å². The van der Waals surface area contributed by atoms with E-state index in [9.17, 15) is 4.79 Å². The van der Waals surface area contributed by atoms with Crippen LogP contribution in [-0.2, 0) is 4.79 Å². The maximum absolute atomic E-state index is 10.9. The smallest absolute Gasteiger partial charge is 0.306 e. The van der Waals surface area contributed by atoms with Crippen LogP contribution in [0.3, 0.4) is 0 Å². The van der Waals surface area contributed by atoms with Gasteiger partial charge in [0.15, 0.2) is 0 Å². The van der Waals surface area contributed by atoms with Crippen molar-refractivity contribution in [3.63, 3.8) is 0 Å². The molecule has 3 nitrogen and oxygen atoms in total. The van der Waals surface area contributed by atoms with Crippen LogP contribution >= 0.6 is 27.3 Å². The van der Waals surface area contributed by atoms with Crippen LogP contribution in [0.15, 0.2) is 15.9 Å². The molecule has 0 amide bonds. The highest BCUT2D eigenvalue weighted by Gasteiger charge is 2.37. The summed E-state index contributed by atoms with van der Waals surface area (Å²) in [6, 6.07) is 4.59. The molecule has 0 radical (unpaired) electrons. The van der Waals surface area contributed by atoms with Gasteiger partial charge in [-0.3, -0.25) is 9.69 Å². The summed E-state index contributed by atoms with van der Waals surface area (Å²) < 4.78 is 1.15. The number of nitrogens with zero attached hydrogens (tertiary/aromatic N) is 1. The molecule has 2 atom stereocenters. The number of thiophene rings is 1. The van der Waals surface area contributed by atoms with E-state index in [2.05, 4.69) is 39.9 Å². The van der Waals surface area contributed by atoms with Gasteiger partial charge in [0.05, 0.1) is 9.70 Å². The predicted molar refractivity (Wildman–Crippen MR) is 72.3 cm³/mol. The molecule has 0 spiro atoms. The fourth-order valence-corrected chi connectivity index (χ4v) is 3.63. The third-order valence-electron chi connectivity index (χ3n) is 3.59. The summed E-state index contributed by atoms with van der Waals surface area (Å²) in [4.78, 5) is 14.5. The maximum Gasteiger partial charge on any atom is 0.306 e. The number of carboxylic acids is 1. The van der Waals surface area contributed by atoms with E-state index in [1.165, 1.54) is 4.88 Å². The van der Waals surface area contributed by atoms with E-state index >= 15 is 0 Å². The molecule has 1 aromatic rings. The van der Waals surface area contributed by atoms with Gasteiger partial charge in [0.1, 0.15) is 0 Å². The molecule has 1 N–H and O–H groups in total. The SMILES string of the molecule is CC(C(=O)O)C1CN(C(C)c2ccc(Br)s2)C1. The quantitative estimate of drug-likeness (QED) is 0.927. The molecule has 1 fully saturated rings. The Kier molecular flexibility index (Phi) is 3.90. The van der Waals surface area contributed by atoms with Crippen LogP contribution in [0.1, 0.15) is 24.8 Å². The van der Waals surface area contributed by atoms with Crippen molar-refractivity contribution in [2.24, 2.45) is 11.8 Å². The van der Waals surface area contributed by atoms with E-state index in [1.807, 2.05) is 0 Å². The van der Waals surface area contributed by atoms with Crippen LogP contribution in [0.4, 0.5) is 0 Å². The van der Waals surface area contributed by atoms with E-state index < -0.39 is 5.97 Å². The fraction of sp³-hybridized carbons (Fsp3) is 0.583. The zero-order chi connectivity index (χ0) is 12.6. The number of likely N-dealkylation sites (tertiary alicyclic amines) is 1. The lowest BCUT2D eigenvalue weighted by Crippen LogP contribution is -2.51. The van der Waals surface area contributed by atoms with E-state index in [0.29, 0.717) is 12.0 Å². The van der Waals surface area contributed by atoms with Crippen molar-refractivity contribution < 1.29 is 9.90 Å². The van der Waals surface area contributed by atoms with Gasteiger partial charge in [0, 0.05) is 24.0 Å². The first kappa shape index (κ1) is 13.1. The number of aliphatic carboxylic acids is 1. The average Bonchev–Trinajstić information content (AvgIpc) is 2.62. The minimum Gasteiger partial charge on any atom is -0.481 e. The van der Waals surface area contributed by atoms with Crippen molar-refractivity contribution in [2.75, 3.05) is 13.1 Å². The Hall–Kier alpha value is -0.390. The van der Waals surface area contributed by atoms with Crippen molar-refractivity contribution in [1.82, 2.24) is 4.90 Å². The summed E-state index contributed by atoms with van der Waals surface area (Å²) in [6.07, 6.45) is 0. The Balaban J connectivity index is 1.89.